The van der Waals surface area contributed by atoms with Gasteiger partial charge in [-0.15, -0.1) is 0 Å². The Kier molecular flexibility index (Phi) is 5.06. The predicted molar refractivity (Wildman–Crippen MR) is 84.6 cm³/mol. The van der Waals surface area contributed by atoms with Crippen molar-refractivity contribution in [2.75, 3.05) is 20.7 Å². The van der Waals surface area contributed by atoms with Gasteiger partial charge in [0.25, 0.3) is 0 Å². The van der Waals surface area contributed by atoms with Crippen molar-refractivity contribution in [2.45, 2.75) is 32.7 Å². The average Bonchev–Trinajstić information content (AvgIpc) is 2.49. The molecule has 0 saturated carbocycles. The highest BCUT2D eigenvalue weighted by Gasteiger charge is 2.29. The first-order chi connectivity index (χ1) is 10.4. The second kappa shape index (κ2) is 6.81. The molecule has 2 amide bonds. The molecule has 0 spiro atoms. The second-order valence-electron chi connectivity index (χ2n) is 5.98. The molecule has 1 saturated heterocycles. The van der Waals surface area contributed by atoms with Crippen LogP contribution in [0.4, 0.5) is 0 Å². The lowest BCUT2D eigenvalue weighted by molar-refractivity contribution is -0.139. The van der Waals surface area contributed by atoms with E-state index in [2.05, 4.69) is 5.32 Å². The van der Waals surface area contributed by atoms with Gasteiger partial charge >= 0.3 is 0 Å². The van der Waals surface area contributed by atoms with E-state index in [-0.39, 0.29) is 23.8 Å². The minimum Gasteiger partial charge on any atom is -0.496 e. The van der Waals surface area contributed by atoms with Crippen LogP contribution in [0, 0.1) is 12.8 Å². The van der Waals surface area contributed by atoms with E-state index in [1.807, 2.05) is 32.0 Å². The molecule has 0 aromatic heterocycles. The number of nitrogens with zero attached hydrogens (tertiary/aromatic N) is 1. The Morgan fingerprint density at radius 1 is 1.45 bits per heavy atom. The summed E-state index contributed by atoms with van der Waals surface area (Å²) in [7, 11) is 3.40. The summed E-state index contributed by atoms with van der Waals surface area (Å²) in [5.74, 6) is 0.504. The molecule has 22 heavy (non-hydrogen) atoms. The van der Waals surface area contributed by atoms with Crippen molar-refractivity contribution in [2.24, 2.45) is 5.92 Å². The molecule has 1 aliphatic heterocycles. The van der Waals surface area contributed by atoms with Crippen LogP contribution in [-0.2, 0) is 9.59 Å². The molecule has 5 heteroatoms. The Bertz CT molecular complexity index is 571. The van der Waals surface area contributed by atoms with Gasteiger partial charge in [0.05, 0.1) is 13.2 Å². The molecule has 1 N–H and O–H groups in total. The lowest BCUT2D eigenvalue weighted by atomic mass is 9.94. The Balaban J connectivity index is 2.05. The third-order valence-corrected chi connectivity index (χ3v) is 4.24. The molecular formula is C17H24N2O3. The topological polar surface area (TPSA) is 58.6 Å². The molecule has 120 valence electrons. The number of benzene rings is 1. The van der Waals surface area contributed by atoms with E-state index in [0.717, 1.165) is 16.9 Å². The van der Waals surface area contributed by atoms with E-state index in [4.69, 9.17) is 4.74 Å². The van der Waals surface area contributed by atoms with Crippen LogP contribution in [0.2, 0.25) is 0 Å². The van der Waals surface area contributed by atoms with Crippen molar-refractivity contribution < 1.29 is 14.3 Å². The van der Waals surface area contributed by atoms with Crippen LogP contribution in [-0.4, -0.2) is 37.4 Å². The van der Waals surface area contributed by atoms with Gasteiger partial charge in [0.15, 0.2) is 0 Å². The summed E-state index contributed by atoms with van der Waals surface area (Å²) in [6.45, 7) is 4.58. The summed E-state index contributed by atoms with van der Waals surface area (Å²) < 4.78 is 5.37. The third-order valence-electron chi connectivity index (χ3n) is 4.24. The molecule has 0 bridgehead atoms. The van der Waals surface area contributed by atoms with E-state index >= 15 is 0 Å². The van der Waals surface area contributed by atoms with E-state index in [1.54, 1.807) is 19.1 Å². The fourth-order valence-corrected chi connectivity index (χ4v) is 2.77. The number of rotatable bonds is 4. The number of carbonyl (C=O) groups is 2. The highest BCUT2D eigenvalue weighted by atomic mass is 16.5. The maximum absolute atomic E-state index is 12.4. The van der Waals surface area contributed by atoms with Crippen molar-refractivity contribution in [3.05, 3.63) is 29.3 Å². The van der Waals surface area contributed by atoms with Gasteiger partial charge < -0.3 is 15.0 Å². The molecule has 1 heterocycles. The maximum Gasteiger partial charge on any atom is 0.224 e. The molecule has 1 aromatic carbocycles. The molecule has 2 unspecified atom stereocenters. The van der Waals surface area contributed by atoms with Crippen LogP contribution in [0.25, 0.3) is 0 Å². The summed E-state index contributed by atoms with van der Waals surface area (Å²) in [4.78, 5) is 25.8. The zero-order valence-corrected chi connectivity index (χ0v) is 13.7. The SMILES string of the molecule is COc1ccc(C)cc1C(C)NC(=O)C1CCN(C)C(=O)C1. The Labute approximate surface area is 131 Å². The lowest BCUT2D eigenvalue weighted by Crippen LogP contribution is -2.42. The lowest BCUT2D eigenvalue weighted by Gasteiger charge is -2.29. The largest absolute Gasteiger partial charge is 0.496 e. The number of methoxy groups -OCH3 is 1. The number of nitrogens with one attached hydrogen (secondary N) is 1. The molecule has 2 atom stereocenters. The predicted octanol–water partition coefficient (Wildman–Crippen LogP) is 2.05. The van der Waals surface area contributed by atoms with E-state index in [1.165, 1.54) is 0 Å². The van der Waals surface area contributed by atoms with Gasteiger partial charge in [-0.05, 0) is 26.3 Å². The van der Waals surface area contributed by atoms with Gasteiger partial charge in [-0.1, -0.05) is 17.7 Å². The van der Waals surface area contributed by atoms with Gasteiger partial charge in [-0.3, -0.25) is 9.59 Å². The molecule has 1 aliphatic rings. The smallest absolute Gasteiger partial charge is 0.224 e. The van der Waals surface area contributed by atoms with Gasteiger partial charge in [0.1, 0.15) is 5.75 Å². The second-order valence-corrected chi connectivity index (χ2v) is 5.98. The monoisotopic (exact) mass is 304 g/mol. The van der Waals surface area contributed by atoms with Crippen molar-refractivity contribution in [1.82, 2.24) is 10.2 Å². The number of piperidine rings is 1. The van der Waals surface area contributed by atoms with Crippen LogP contribution in [0.5, 0.6) is 5.75 Å². The number of amides is 2. The van der Waals surface area contributed by atoms with Gasteiger partial charge in [0.2, 0.25) is 11.8 Å². The molecule has 1 aromatic rings. The standard InChI is InChI=1S/C17H24N2O3/c1-11-5-6-15(22-4)14(9-11)12(2)18-17(21)13-7-8-19(3)16(20)10-13/h5-6,9,12-13H,7-8,10H2,1-4H3,(H,18,21). The number of carbonyl (C=O) groups excluding carboxylic acids is 2. The molecule has 1 fully saturated rings. The van der Waals surface area contributed by atoms with Crippen molar-refractivity contribution >= 4 is 11.8 Å². The number of aryl methyl sites for hydroxylation is 1. The summed E-state index contributed by atoms with van der Waals surface area (Å²) in [5, 5.41) is 3.01. The number of likely N-dealkylation sites (tertiary alicyclic amines) is 1. The highest BCUT2D eigenvalue weighted by Crippen LogP contribution is 2.27. The molecule has 0 aliphatic carbocycles. The fraction of sp³-hybridized carbons (Fsp3) is 0.529. The number of hydrogen-bond donors (Lipinski definition) is 1. The molecule has 2 rings (SSSR count). The van der Waals surface area contributed by atoms with Gasteiger partial charge in [-0.2, -0.15) is 0 Å². The minimum absolute atomic E-state index is 0.0344. The van der Waals surface area contributed by atoms with Gasteiger partial charge in [0, 0.05) is 31.5 Å². The van der Waals surface area contributed by atoms with Crippen LogP contribution < -0.4 is 10.1 Å². The number of hydrogen-bond acceptors (Lipinski definition) is 3. The Hall–Kier alpha value is -2.04. The third kappa shape index (κ3) is 3.59. The highest BCUT2D eigenvalue weighted by molar-refractivity contribution is 5.87. The van der Waals surface area contributed by atoms with E-state index < -0.39 is 0 Å². The first kappa shape index (κ1) is 16.3. The average molecular weight is 304 g/mol. The van der Waals surface area contributed by atoms with E-state index in [9.17, 15) is 9.59 Å². The zero-order valence-electron chi connectivity index (χ0n) is 13.7. The number of ether oxygens (including phenoxy) is 1. The van der Waals surface area contributed by atoms with Crippen LogP contribution in [0.15, 0.2) is 18.2 Å². The summed E-state index contributed by atoms with van der Waals surface area (Å²) in [5.41, 5.74) is 2.07. The summed E-state index contributed by atoms with van der Waals surface area (Å²) in [6, 6.07) is 5.75. The first-order valence-electron chi connectivity index (χ1n) is 7.61. The summed E-state index contributed by atoms with van der Waals surface area (Å²) >= 11 is 0. The quantitative estimate of drug-likeness (QED) is 0.926. The van der Waals surface area contributed by atoms with Crippen LogP contribution in [0.3, 0.4) is 0 Å². The van der Waals surface area contributed by atoms with E-state index in [0.29, 0.717) is 19.4 Å². The zero-order chi connectivity index (χ0) is 16.3. The molecule has 0 radical (unpaired) electrons. The first-order valence-corrected chi connectivity index (χ1v) is 7.61. The van der Waals surface area contributed by atoms with Crippen LogP contribution >= 0.6 is 0 Å². The minimum atomic E-state index is -0.234. The van der Waals surface area contributed by atoms with Gasteiger partial charge in [-0.25, -0.2) is 0 Å². The normalized spacial score (nSPS) is 19.7. The summed E-state index contributed by atoms with van der Waals surface area (Å²) in [6.07, 6.45) is 1.01. The Morgan fingerprint density at radius 3 is 2.82 bits per heavy atom. The van der Waals surface area contributed by atoms with Crippen molar-refractivity contribution in [1.29, 1.82) is 0 Å². The van der Waals surface area contributed by atoms with Crippen molar-refractivity contribution in [3.8, 4) is 5.75 Å². The Morgan fingerprint density at radius 2 is 2.18 bits per heavy atom. The fourth-order valence-electron chi connectivity index (χ4n) is 2.77. The van der Waals surface area contributed by atoms with Crippen molar-refractivity contribution in [3.63, 3.8) is 0 Å². The maximum atomic E-state index is 12.4. The van der Waals surface area contributed by atoms with Crippen LogP contribution in [0.1, 0.15) is 36.9 Å². The molecular weight excluding hydrogens is 280 g/mol. The molecule has 5 nitrogen and oxygen atoms in total.